The maximum atomic E-state index is 8.94. The third kappa shape index (κ3) is 5210. The minimum atomic E-state index is -5.25. The molecule has 0 aliphatic heterocycles. The Labute approximate surface area is 60.5 Å². The van der Waals surface area contributed by atoms with Crippen molar-refractivity contribution < 1.29 is 45.6 Å². The summed E-state index contributed by atoms with van der Waals surface area (Å²) in [5.74, 6) is 0. The molecule has 0 aromatic carbocycles. The first-order valence-electron chi connectivity index (χ1n) is 1.48. The predicted molar refractivity (Wildman–Crippen MR) is 18.9 cm³/mol. The topological polar surface area (TPSA) is 152 Å². The normalized spacial score (nSPS) is 11.7. The zero-order chi connectivity index (χ0) is 9.00. The SMILES string of the molecule is O=[As](O)(O)O.[O]=[Cr](=[O])([OH])[OH]. The molecule has 0 aliphatic rings. The second-order valence-electron chi connectivity index (χ2n) is 0.961. The number of hydrogen-bond donors (Lipinski definition) is 5. The molecule has 0 fully saturated rings. The fourth-order valence-corrected chi connectivity index (χ4v) is 0. The van der Waals surface area contributed by atoms with Crippen LogP contribution in [0.2, 0.25) is 0 Å². The van der Waals surface area contributed by atoms with Gasteiger partial charge in [0.25, 0.3) is 0 Å². The average Bonchev–Trinajstić information content (AvgIpc) is 1.12. The van der Waals surface area contributed by atoms with Gasteiger partial charge >= 0.3 is 60.1 Å². The van der Waals surface area contributed by atoms with Crippen molar-refractivity contribution in [2.24, 2.45) is 0 Å². The van der Waals surface area contributed by atoms with Gasteiger partial charge in [0.05, 0.1) is 0 Å². The van der Waals surface area contributed by atoms with E-state index in [9.17, 15) is 0 Å². The van der Waals surface area contributed by atoms with Crippen molar-refractivity contribution in [3.63, 3.8) is 0 Å². The van der Waals surface area contributed by atoms with Crippen molar-refractivity contribution in [1.82, 2.24) is 0 Å². The summed E-state index contributed by atoms with van der Waals surface area (Å²) in [4.78, 5) is 0. The van der Waals surface area contributed by atoms with E-state index in [2.05, 4.69) is 0 Å². The van der Waals surface area contributed by atoms with Crippen LogP contribution in [0.3, 0.4) is 0 Å². The van der Waals surface area contributed by atoms with Crippen molar-refractivity contribution in [2.45, 2.75) is 0 Å². The van der Waals surface area contributed by atoms with E-state index < -0.39 is 28.1 Å². The molecule has 10 heavy (non-hydrogen) atoms. The van der Waals surface area contributed by atoms with Crippen LogP contribution in [-0.2, 0) is 25.0 Å². The van der Waals surface area contributed by atoms with Gasteiger partial charge in [-0.3, -0.25) is 0 Å². The Bertz CT molecular complexity index is 187. The second kappa shape index (κ2) is 4.23. The Kier molecular flexibility index (Phi) is 5.46. The van der Waals surface area contributed by atoms with Crippen molar-refractivity contribution in [2.75, 3.05) is 0 Å². The van der Waals surface area contributed by atoms with Crippen LogP contribution in [0.5, 0.6) is 0 Å². The summed E-state index contributed by atoms with van der Waals surface area (Å²) in [6.45, 7) is 0. The molecule has 8 nitrogen and oxygen atoms in total. The van der Waals surface area contributed by atoms with E-state index in [0.29, 0.717) is 0 Å². The average molecular weight is 260 g/mol. The first kappa shape index (κ1) is 12.9. The molecule has 0 amide bonds. The Morgan fingerprint density at radius 3 is 1.00 bits per heavy atom. The van der Waals surface area contributed by atoms with E-state index in [4.69, 9.17) is 31.9 Å². The molecule has 0 rings (SSSR count). The van der Waals surface area contributed by atoms with Crippen LogP contribution in [0.25, 0.3) is 0 Å². The molecule has 0 aromatic heterocycles. The Balaban J connectivity index is 0. The minimum absolute atomic E-state index is 5.12. The van der Waals surface area contributed by atoms with Gasteiger partial charge < -0.3 is 0 Å². The van der Waals surface area contributed by atoms with Crippen LogP contribution >= 0.6 is 0 Å². The van der Waals surface area contributed by atoms with E-state index in [0.717, 1.165) is 0 Å². The number of hydrogen-bond acceptors (Lipinski definition) is 3. The summed E-state index contributed by atoms with van der Waals surface area (Å²) < 4.78 is 62.6. The molecule has 0 heterocycles. The first-order chi connectivity index (χ1) is 4.00. The van der Waals surface area contributed by atoms with Crippen LogP contribution in [0, 0.1) is 0 Å². The summed E-state index contributed by atoms with van der Waals surface area (Å²) in [5.41, 5.74) is 0. The van der Waals surface area contributed by atoms with E-state index in [-0.39, 0.29) is 0 Å². The monoisotopic (exact) mass is 260 g/mol. The Morgan fingerprint density at radius 2 is 1.00 bits per heavy atom. The molecule has 5 N–H and O–H groups in total. The Hall–Kier alpha value is 0.291. The predicted octanol–water partition coefficient (Wildman–Crippen LogP) is -3.52. The molecule has 10 heteroatoms. The quantitative estimate of drug-likeness (QED) is 0.281. The molecule has 64 valence electrons. The van der Waals surface area contributed by atoms with Crippen LogP contribution in [0.15, 0.2) is 0 Å². The van der Waals surface area contributed by atoms with Gasteiger partial charge in [0.2, 0.25) is 0 Å². The summed E-state index contributed by atoms with van der Waals surface area (Å²) in [7, 11) is 0. The summed E-state index contributed by atoms with van der Waals surface area (Å²) in [6.07, 6.45) is 0. The number of rotatable bonds is 0. The zero-order valence-corrected chi connectivity index (χ0v) is 7.47. The summed E-state index contributed by atoms with van der Waals surface area (Å²) in [6, 6.07) is 0. The third-order valence-electron chi connectivity index (χ3n) is 0. The van der Waals surface area contributed by atoms with Crippen LogP contribution in [0.4, 0.5) is 0 Å². The molecule has 0 aromatic rings. The fraction of sp³-hybridized carbons (Fsp3) is 0. The molecule has 0 saturated carbocycles. The molecule has 0 spiro atoms. The second-order valence-corrected chi connectivity index (χ2v) is 4.51. The van der Waals surface area contributed by atoms with Gasteiger partial charge in [-0.05, 0) is 0 Å². The van der Waals surface area contributed by atoms with Crippen LogP contribution in [0.1, 0.15) is 0 Å². The van der Waals surface area contributed by atoms with Gasteiger partial charge in [-0.1, -0.05) is 0 Å². The molecule has 0 atom stereocenters. The fourth-order valence-electron chi connectivity index (χ4n) is 0. The molecular formula is H5AsCrO8. The summed E-state index contributed by atoms with van der Waals surface area (Å²) >= 11 is -10.4. The van der Waals surface area contributed by atoms with Gasteiger partial charge in [0.1, 0.15) is 0 Å². The van der Waals surface area contributed by atoms with Crippen molar-refractivity contribution in [3.8, 4) is 0 Å². The van der Waals surface area contributed by atoms with Crippen molar-refractivity contribution in [3.05, 3.63) is 0 Å². The van der Waals surface area contributed by atoms with Gasteiger partial charge in [-0.25, -0.2) is 0 Å². The zero-order valence-electron chi connectivity index (χ0n) is 4.32. The van der Waals surface area contributed by atoms with Gasteiger partial charge in [-0.15, -0.1) is 0 Å². The Morgan fingerprint density at radius 1 is 1.00 bits per heavy atom. The molecule has 0 radical (unpaired) electrons. The van der Waals surface area contributed by atoms with E-state index >= 15 is 0 Å². The third-order valence-corrected chi connectivity index (χ3v) is 0. The van der Waals surface area contributed by atoms with Gasteiger partial charge in [0, 0.05) is 0 Å². The molecule has 0 bridgehead atoms. The molecular weight excluding hydrogens is 255 g/mol. The molecule has 0 saturated heterocycles. The maximum absolute atomic E-state index is 8.94. The van der Waals surface area contributed by atoms with Gasteiger partial charge in [0.15, 0.2) is 0 Å². The standard InChI is InChI=1S/AsH3O4.Cr.2H2O.2O/c2-1(3,4)5;;;;;/h(H3,2,3,4,5);;2*1H2;;/q;+2;;;;/p-2. The molecule has 0 aliphatic carbocycles. The van der Waals surface area contributed by atoms with E-state index in [1.807, 2.05) is 0 Å². The van der Waals surface area contributed by atoms with Crippen LogP contribution in [-0.4, -0.2) is 35.1 Å². The molecule has 0 unspecified atom stereocenters. The van der Waals surface area contributed by atoms with Crippen molar-refractivity contribution >= 4 is 14.5 Å². The van der Waals surface area contributed by atoms with Gasteiger partial charge in [-0.2, -0.15) is 0 Å². The van der Waals surface area contributed by atoms with E-state index in [1.165, 1.54) is 0 Å². The summed E-state index contributed by atoms with van der Waals surface area (Å²) in [5, 5.41) is 0. The van der Waals surface area contributed by atoms with Crippen molar-refractivity contribution in [1.29, 1.82) is 0 Å². The van der Waals surface area contributed by atoms with E-state index in [1.54, 1.807) is 0 Å². The first-order valence-corrected chi connectivity index (χ1v) is 6.95. The van der Waals surface area contributed by atoms with Crippen LogP contribution < -0.4 is 0 Å².